The number of aliphatic hydroxyl groups is 1. The number of anilines is 2. The Bertz CT molecular complexity index is 440. The maximum absolute atomic E-state index is 10.6. The lowest BCUT2D eigenvalue weighted by Gasteiger charge is -2.36. The fourth-order valence-corrected chi connectivity index (χ4v) is 2.89. The predicted octanol–water partition coefficient (Wildman–Crippen LogP) is 3.02. The van der Waals surface area contributed by atoms with Crippen LogP contribution in [0.4, 0.5) is 11.4 Å². The molecule has 1 aliphatic carbocycles. The molecule has 0 radical (unpaired) electrons. The first kappa shape index (κ1) is 15.0. The lowest BCUT2D eigenvalue weighted by Crippen LogP contribution is -2.40. The molecule has 0 heterocycles. The van der Waals surface area contributed by atoms with Crippen molar-refractivity contribution < 1.29 is 9.84 Å². The predicted molar refractivity (Wildman–Crippen MR) is 83.1 cm³/mol. The van der Waals surface area contributed by atoms with Crippen LogP contribution in [0.2, 0.25) is 0 Å². The molecule has 0 unspecified atom stereocenters. The number of nitrogen functional groups attached to an aromatic ring is 1. The highest BCUT2D eigenvalue weighted by molar-refractivity contribution is 5.68. The van der Waals surface area contributed by atoms with Gasteiger partial charge in [0.25, 0.3) is 0 Å². The van der Waals surface area contributed by atoms with Crippen LogP contribution in [-0.4, -0.2) is 24.4 Å². The summed E-state index contributed by atoms with van der Waals surface area (Å²) in [6.45, 7) is 2.78. The molecule has 4 N–H and O–H groups in total. The van der Waals surface area contributed by atoms with Crippen LogP contribution in [0.15, 0.2) is 18.2 Å². The van der Waals surface area contributed by atoms with E-state index in [4.69, 9.17) is 10.5 Å². The highest BCUT2D eigenvalue weighted by Gasteiger charge is 2.32. The van der Waals surface area contributed by atoms with Gasteiger partial charge < -0.3 is 20.9 Å². The molecular formula is C16H26N2O2. The first-order chi connectivity index (χ1) is 9.56. The summed E-state index contributed by atoms with van der Waals surface area (Å²) in [4.78, 5) is 0. The molecule has 0 amide bonds. The van der Waals surface area contributed by atoms with Gasteiger partial charge in [0.1, 0.15) is 5.75 Å². The summed E-state index contributed by atoms with van der Waals surface area (Å²) in [5.74, 6) is 1.52. The average molecular weight is 278 g/mol. The zero-order chi connectivity index (χ0) is 14.6. The van der Waals surface area contributed by atoms with Gasteiger partial charge in [-0.15, -0.1) is 0 Å². The van der Waals surface area contributed by atoms with Gasteiger partial charge in [0.05, 0.1) is 24.1 Å². The number of nitrogens with one attached hydrogen (secondary N) is 1. The molecule has 1 fully saturated rings. The Morgan fingerprint density at radius 3 is 2.65 bits per heavy atom. The van der Waals surface area contributed by atoms with E-state index in [1.807, 2.05) is 12.1 Å². The van der Waals surface area contributed by atoms with E-state index in [0.29, 0.717) is 12.2 Å². The Balaban J connectivity index is 1.92. The third-order valence-electron chi connectivity index (χ3n) is 4.48. The minimum absolute atomic E-state index is 0.556. The van der Waals surface area contributed by atoms with E-state index in [2.05, 4.69) is 12.2 Å². The van der Waals surface area contributed by atoms with Crippen molar-refractivity contribution in [2.45, 2.75) is 44.6 Å². The van der Waals surface area contributed by atoms with E-state index in [0.717, 1.165) is 43.0 Å². The van der Waals surface area contributed by atoms with Crippen LogP contribution in [0.3, 0.4) is 0 Å². The summed E-state index contributed by atoms with van der Waals surface area (Å²) in [5.41, 5.74) is 6.88. The van der Waals surface area contributed by atoms with Gasteiger partial charge in [-0.2, -0.15) is 0 Å². The van der Waals surface area contributed by atoms with Crippen LogP contribution in [0.1, 0.15) is 39.0 Å². The largest absolute Gasteiger partial charge is 0.497 e. The van der Waals surface area contributed by atoms with Crippen molar-refractivity contribution >= 4 is 11.4 Å². The molecule has 20 heavy (non-hydrogen) atoms. The molecule has 4 heteroatoms. The highest BCUT2D eigenvalue weighted by atomic mass is 16.5. The van der Waals surface area contributed by atoms with Gasteiger partial charge in [-0.1, -0.05) is 13.3 Å². The first-order valence-electron chi connectivity index (χ1n) is 7.46. The molecule has 1 aliphatic rings. The van der Waals surface area contributed by atoms with Crippen LogP contribution in [0.25, 0.3) is 0 Å². The van der Waals surface area contributed by atoms with E-state index >= 15 is 0 Å². The fraction of sp³-hybridized carbons (Fsp3) is 0.625. The zero-order valence-electron chi connectivity index (χ0n) is 12.5. The lowest BCUT2D eigenvalue weighted by atomic mass is 9.78. The lowest BCUT2D eigenvalue weighted by molar-refractivity contribution is 0.00231. The van der Waals surface area contributed by atoms with Crippen molar-refractivity contribution in [2.75, 3.05) is 24.7 Å². The first-order valence-corrected chi connectivity index (χ1v) is 7.46. The minimum atomic E-state index is -0.599. The number of rotatable bonds is 5. The number of hydrogen-bond donors (Lipinski definition) is 3. The molecule has 0 spiro atoms. The van der Waals surface area contributed by atoms with Gasteiger partial charge in [0.15, 0.2) is 0 Å². The Kier molecular flexibility index (Phi) is 4.76. The van der Waals surface area contributed by atoms with Crippen molar-refractivity contribution in [3.63, 3.8) is 0 Å². The van der Waals surface area contributed by atoms with Gasteiger partial charge in [0, 0.05) is 12.6 Å². The van der Waals surface area contributed by atoms with Crippen LogP contribution < -0.4 is 15.8 Å². The van der Waals surface area contributed by atoms with Crippen molar-refractivity contribution in [3.8, 4) is 5.75 Å². The second-order valence-electron chi connectivity index (χ2n) is 5.88. The molecule has 2 rings (SSSR count). The molecule has 4 nitrogen and oxygen atoms in total. The van der Waals surface area contributed by atoms with E-state index in [1.165, 1.54) is 6.42 Å². The van der Waals surface area contributed by atoms with Gasteiger partial charge >= 0.3 is 0 Å². The Morgan fingerprint density at radius 2 is 2.10 bits per heavy atom. The van der Waals surface area contributed by atoms with Crippen molar-refractivity contribution in [2.24, 2.45) is 5.92 Å². The smallest absolute Gasteiger partial charge is 0.121 e. The number of benzene rings is 1. The normalized spacial score (nSPS) is 26.2. The van der Waals surface area contributed by atoms with E-state index in [-0.39, 0.29) is 0 Å². The summed E-state index contributed by atoms with van der Waals surface area (Å²) in [6.07, 6.45) is 5.19. The van der Waals surface area contributed by atoms with Gasteiger partial charge in [-0.25, -0.2) is 0 Å². The molecule has 0 aliphatic heterocycles. The third-order valence-corrected chi connectivity index (χ3v) is 4.48. The van der Waals surface area contributed by atoms with Gasteiger partial charge in [-0.05, 0) is 43.7 Å². The number of nitrogens with two attached hydrogens (primary N) is 1. The van der Waals surface area contributed by atoms with E-state index in [1.54, 1.807) is 13.2 Å². The van der Waals surface area contributed by atoms with Crippen molar-refractivity contribution in [3.05, 3.63) is 18.2 Å². The standard InChI is InChI=1S/C16H26N2O2/c1-3-12-6-8-16(19,9-7-12)11-18-15-5-4-13(20-2)10-14(15)17/h4-5,10,12,18-19H,3,6-9,11,17H2,1-2H3. The van der Waals surface area contributed by atoms with Crippen LogP contribution in [-0.2, 0) is 0 Å². The monoisotopic (exact) mass is 278 g/mol. The summed E-state index contributed by atoms with van der Waals surface area (Å²) < 4.78 is 5.13. The van der Waals surface area contributed by atoms with Crippen LogP contribution >= 0.6 is 0 Å². The minimum Gasteiger partial charge on any atom is -0.497 e. The molecular weight excluding hydrogens is 252 g/mol. The Labute approximate surface area is 121 Å². The molecule has 0 bridgehead atoms. The summed E-state index contributed by atoms with van der Waals surface area (Å²) >= 11 is 0. The topological polar surface area (TPSA) is 67.5 Å². The van der Waals surface area contributed by atoms with Crippen LogP contribution in [0, 0.1) is 5.92 Å². The number of hydrogen-bond acceptors (Lipinski definition) is 4. The molecule has 112 valence electrons. The average Bonchev–Trinajstić information content (AvgIpc) is 2.47. The molecule has 1 saturated carbocycles. The summed E-state index contributed by atoms with van der Waals surface area (Å²) in [7, 11) is 1.62. The van der Waals surface area contributed by atoms with Crippen LogP contribution in [0.5, 0.6) is 5.75 Å². The summed E-state index contributed by atoms with van der Waals surface area (Å²) in [6, 6.07) is 5.56. The third kappa shape index (κ3) is 3.57. The molecule has 0 aromatic heterocycles. The van der Waals surface area contributed by atoms with E-state index in [9.17, 15) is 5.11 Å². The van der Waals surface area contributed by atoms with Crippen molar-refractivity contribution in [1.82, 2.24) is 0 Å². The Hall–Kier alpha value is -1.42. The molecule has 0 saturated heterocycles. The maximum atomic E-state index is 10.6. The quantitative estimate of drug-likeness (QED) is 0.724. The van der Waals surface area contributed by atoms with Gasteiger partial charge in [-0.3, -0.25) is 0 Å². The maximum Gasteiger partial charge on any atom is 0.121 e. The van der Waals surface area contributed by atoms with Crippen molar-refractivity contribution in [1.29, 1.82) is 0 Å². The molecule has 1 aromatic rings. The second kappa shape index (κ2) is 6.35. The number of ether oxygens (including phenoxy) is 1. The van der Waals surface area contributed by atoms with Gasteiger partial charge in [0.2, 0.25) is 0 Å². The second-order valence-corrected chi connectivity index (χ2v) is 5.88. The number of methoxy groups -OCH3 is 1. The summed E-state index contributed by atoms with van der Waals surface area (Å²) in [5, 5.41) is 13.9. The Morgan fingerprint density at radius 1 is 1.40 bits per heavy atom. The fourth-order valence-electron chi connectivity index (χ4n) is 2.89. The molecule has 0 atom stereocenters. The molecule has 1 aromatic carbocycles. The highest BCUT2D eigenvalue weighted by Crippen LogP contribution is 2.34. The van der Waals surface area contributed by atoms with E-state index < -0.39 is 5.60 Å². The SMILES string of the molecule is CCC1CCC(O)(CNc2ccc(OC)cc2N)CC1. The zero-order valence-corrected chi connectivity index (χ0v) is 12.5.